The zero-order chi connectivity index (χ0) is 17.1. The van der Waals surface area contributed by atoms with Crippen molar-refractivity contribution >= 4 is 21.8 Å². The van der Waals surface area contributed by atoms with Gasteiger partial charge >= 0.3 is 0 Å². The van der Waals surface area contributed by atoms with Crippen LogP contribution >= 0.6 is 0 Å². The molecule has 6 rings (SSSR count). The fraction of sp³-hybridized carbons (Fsp3) is 0.0400. The molecule has 0 spiro atoms. The van der Waals surface area contributed by atoms with Gasteiger partial charge < -0.3 is 4.57 Å². The van der Waals surface area contributed by atoms with Crippen LogP contribution in [0.1, 0.15) is 17.2 Å². The highest BCUT2D eigenvalue weighted by molar-refractivity contribution is 6.14. The molecule has 2 heterocycles. The van der Waals surface area contributed by atoms with Crippen molar-refractivity contribution in [1.82, 2.24) is 4.57 Å². The smallest absolute Gasteiger partial charge is 0.0851 e. The Balaban J connectivity index is 1.87. The van der Waals surface area contributed by atoms with Crippen LogP contribution in [0.25, 0.3) is 32.9 Å². The van der Waals surface area contributed by atoms with Crippen LogP contribution < -0.4 is 0 Å². The predicted molar refractivity (Wildman–Crippen MR) is 109 cm³/mol. The number of fused-ring (bicyclic) bond motifs is 5. The van der Waals surface area contributed by atoms with Gasteiger partial charge in [0, 0.05) is 21.9 Å². The summed E-state index contributed by atoms with van der Waals surface area (Å²) in [6.07, 6.45) is 0. The van der Waals surface area contributed by atoms with E-state index >= 15 is 0 Å². The summed E-state index contributed by atoms with van der Waals surface area (Å²) >= 11 is 0. The monoisotopic (exact) mass is 331 g/mol. The minimum atomic E-state index is 0.199. The average molecular weight is 331 g/mol. The van der Waals surface area contributed by atoms with E-state index in [0.29, 0.717) is 0 Å². The summed E-state index contributed by atoms with van der Waals surface area (Å²) in [4.78, 5) is 0. The summed E-state index contributed by atoms with van der Waals surface area (Å²) in [6, 6.07) is 35.4. The molecule has 5 aromatic rings. The molecule has 1 nitrogen and oxygen atoms in total. The Morgan fingerprint density at radius 1 is 0.538 bits per heavy atom. The largest absolute Gasteiger partial charge is 0.328 e. The van der Waals surface area contributed by atoms with E-state index in [-0.39, 0.29) is 6.04 Å². The van der Waals surface area contributed by atoms with Gasteiger partial charge in [-0.2, -0.15) is 0 Å². The highest BCUT2D eigenvalue weighted by Crippen LogP contribution is 2.47. The second-order valence-electron chi connectivity index (χ2n) is 6.99. The molecule has 1 heteroatoms. The molecule has 0 N–H and O–H groups in total. The second kappa shape index (κ2) is 5.09. The minimum absolute atomic E-state index is 0.199. The molecule has 1 aromatic heterocycles. The van der Waals surface area contributed by atoms with Crippen molar-refractivity contribution in [3.63, 3.8) is 0 Å². The van der Waals surface area contributed by atoms with E-state index in [0.717, 1.165) is 0 Å². The third kappa shape index (κ3) is 1.70. The van der Waals surface area contributed by atoms with Crippen molar-refractivity contribution in [2.75, 3.05) is 0 Å². The molecule has 1 aliphatic heterocycles. The lowest BCUT2D eigenvalue weighted by Crippen LogP contribution is -2.17. The molecule has 0 amide bonds. The van der Waals surface area contributed by atoms with E-state index < -0.39 is 0 Å². The molecule has 0 radical (unpaired) electrons. The van der Waals surface area contributed by atoms with E-state index in [9.17, 15) is 0 Å². The fourth-order valence-electron chi connectivity index (χ4n) is 4.62. The van der Waals surface area contributed by atoms with Gasteiger partial charge in [-0.15, -0.1) is 0 Å². The lowest BCUT2D eigenvalue weighted by Gasteiger charge is -2.30. The van der Waals surface area contributed by atoms with Crippen molar-refractivity contribution in [2.45, 2.75) is 6.04 Å². The molecule has 1 aliphatic rings. The molecular formula is C25H17N. The van der Waals surface area contributed by atoms with E-state index in [1.54, 1.807) is 0 Å². The molecule has 0 fully saturated rings. The third-order valence-corrected chi connectivity index (χ3v) is 5.65. The lowest BCUT2D eigenvalue weighted by atomic mass is 9.87. The summed E-state index contributed by atoms with van der Waals surface area (Å²) in [6.45, 7) is 0. The Bertz CT molecular complexity index is 1280. The molecule has 0 saturated heterocycles. The fourth-order valence-corrected chi connectivity index (χ4v) is 4.62. The van der Waals surface area contributed by atoms with Gasteiger partial charge in [-0.05, 0) is 22.8 Å². The van der Waals surface area contributed by atoms with Gasteiger partial charge in [0.1, 0.15) is 0 Å². The standard InChI is InChI=1S/C25H17N/c1-2-9-17(10-3-1)24-20-13-5-4-11-18(20)21-14-8-15-22-19-12-6-7-16-23(19)26(24)25(21)22/h1-16,24H. The highest BCUT2D eigenvalue weighted by Gasteiger charge is 2.29. The quantitative estimate of drug-likeness (QED) is 0.328. The first-order chi connectivity index (χ1) is 12.9. The van der Waals surface area contributed by atoms with Crippen LogP contribution in [0.3, 0.4) is 0 Å². The van der Waals surface area contributed by atoms with Gasteiger partial charge in [0.15, 0.2) is 0 Å². The van der Waals surface area contributed by atoms with Crippen LogP contribution in [0.5, 0.6) is 0 Å². The summed E-state index contributed by atoms with van der Waals surface area (Å²) < 4.78 is 2.54. The molecule has 1 atom stereocenters. The Morgan fingerprint density at radius 2 is 1.23 bits per heavy atom. The second-order valence-corrected chi connectivity index (χ2v) is 6.99. The van der Waals surface area contributed by atoms with Crippen molar-refractivity contribution in [2.24, 2.45) is 0 Å². The van der Waals surface area contributed by atoms with Gasteiger partial charge in [0.25, 0.3) is 0 Å². The Morgan fingerprint density at radius 3 is 2.15 bits per heavy atom. The Labute approximate surface area is 152 Å². The van der Waals surface area contributed by atoms with Gasteiger partial charge in [0.05, 0.1) is 11.6 Å². The Hall–Kier alpha value is -3.32. The summed E-state index contributed by atoms with van der Waals surface area (Å²) in [5.41, 5.74) is 8.04. The van der Waals surface area contributed by atoms with Crippen LogP contribution in [-0.4, -0.2) is 4.57 Å². The van der Waals surface area contributed by atoms with Crippen molar-refractivity contribution < 1.29 is 0 Å². The molecular weight excluding hydrogens is 314 g/mol. The summed E-state index contributed by atoms with van der Waals surface area (Å²) in [5.74, 6) is 0. The van der Waals surface area contributed by atoms with E-state index in [1.165, 1.54) is 44.1 Å². The number of rotatable bonds is 1. The number of hydrogen-bond acceptors (Lipinski definition) is 0. The van der Waals surface area contributed by atoms with Crippen molar-refractivity contribution in [1.29, 1.82) is 0 Å². The molecule has 26 heavy (non-hydrogen) atoms. The van der Waals surface area contributed by atoms with Crippen LogP contribution in [0.15, 0.2) is 97.1 Å². The van der Waals surface area contributed by atoms with Crippen LogP contribution in [0.4, 0.5) is 0 Å². The minimum Gasteiger partial charge on any atom is -0.328 e. The first-order valence-electron chi connectivity index (χ1n) is 9.09. The molecule has 1 unspecified atom stereocenters. The maximum absolute atomic E-state index is 2.54. The van der Waals surface area contributed by atoms with Crippen molar-refractivity contribution in [3.05, 3.63) is 108 Å². The van der Waals surface area contributed by atoms with E-state index in [1.807, 2.05) is 0 Å². The highest BCUT2D eigenvalue weighted by atomic mass is 15.0. The zero-order valence-electron chi connectivity index (χ0n) is 14.3. The summed E-state index contributed by atoms with van der Waals surface area (Å²) in [7, 11) is 0. The Kier molecular flexibility index (Phi) is 2.72. The zero-order valence-corrected chi connectivity index (χ0v) is 14.3. The molecule has 122 valence electrons. The van der Waals surface area contributed by atoms with Crippen LogP contribution in [-0.2, 0) is 0 Å². The first-order valence-corrected chi connectivity index (χ1v) is 9.09. The maximum atomic E-state index is 2.54. The van der Waals surface area contributed by atoms with Crippen LogP contribution in [0.2, 0.25) is 0 Å². The van der Waals surface area contributed by atoms with Crippen LogP contribution in [0, 0.1) is 0 Å². The van der Waals surface area contributed by atoms with Crippen molar-refractivity contribution in [3.8, 4) is 11.1 Å². The first kappa shape index (κ1) is 13.9. The molecule has 0 bridgehead atoms. The molecule has 0 aliphatic carbocycles. The van der Waals surface area contributed by atoms with Gasteiger partial charge in [-0.3, -0.25) is 0 Å². The van der Waals surface area contributed by atoms with Gasteiger partial charge in [0.2, 0.25) is 0 Å². The number of nitrogens with zero attached hydrogens (tertiary/aromatic N) is 1. The maximum Gasteiger partial charge on any atom is 0.0851 e. The topological polar surface area (TPSA) is 4.93 Å². The summed E-state index contributed by atoms with van der Waals surface area (Å²) in [5, 5.41) is 2.67. The predicted octanol–water partition coefficient (Wildman–Crippen LogP) is 6.41. The van der Waals surface area contributed by atoms with E-state index in [2.05, 4.69) is 102 Å². The number of aromatic nitrogens is 1. The normalized spacial score (nSPS) is 15.3. The number of hydrogen-bond donors (Lipinski definition) is 0. The molecule has 4 aromatic carbocycles. The lowest BCUT2D eigenvalue weighted by molar-refractivity contribution is 0.722. The molecule has 0 saturated carbocycles. The average Bonchev–Trinajstić information content (AvgIpc) is 3.05. The van der Waals surface area contributed by atoms with Gasteiger partial charge in [-0.1, -0.05) is 91.0 Å². The number of benzene rings is 4. The number of para-hydroxylation sites is 2. The SMILES string of the molecule is c1ccc(C2c3ccccc3-c3cccc4c5ccccc5n2c34)cc1. The van der Waals surface area contributed by atoms with Gasteiger partial charge in [-0.25, -0.2) is 0 Å². The third-order valence-electron chi connectivity index (χ3n) is 5.65. The van der Waals surface area contributed by atoms with E-state index in [4.69, 9.17) is 0 Å².